The van der Waals surface area contributed by atoms with Gasteiger partial charge in [-0.1, -0.05) is 47.7 Å². The van der Waals surface area contributed by atoms with Crippen LogP contribution >= 0.6 is 22.7 Å². The summed E-state index contributed by atoms with van der Waals surface area (Å²) in [5, 5.41) is 6.05. The summed E-state index contributed by atoms with van der Waals surface area (Å²) in [5.41, 5.74) is 4.43. The molecule has 0 aliphatic carbocycles. The highest BCUT2D eigenvalue weighted by molar-refractivity contribution is 7.37. The number of thiazole rings is 2. The number of carbonyl (C=O) groups is 1. The van der Waals surface area contributed by atoms with Gasteiger partial charge in [0.2, 0.25) is 11.6 Å². The minimum Gasteiger partial charge on any atom is -0.312 e. The van der Waals surface area contributed by atoms with E-state index >= 15 is 0 Å². The van der Waals surface area contributed by atoms with E-state index in [-0.39, 0.29) is 5.91 Å². The molecule has 4 aromatic rings. The van der Waals surface area contributed by atoms with Crippen molar-refractivity contribution in [2.24, 2.45) is 0 Å². The van der Waals surface area contributed by atoms with Gasteiger partial charge < -0.3 is 5.32 Å². The first-order valence-corrected chi connectivity index (χ1v) is 9.28. The number of benzene rings is 2. The third kappa shape index (κ3) is 2.62. The largest absolute Gasteiger partial charge is 0.328 e. The summed E-state index contributed by atoms with van der Waals surface area (Å²) in [6, 6.07) is 20.5. The first-order chi connectivity index (χ1) is 11.7. The molecule has 0 atom stereocenters. The molecule has 3 nitrogen and oxygen atoms in total. The zero-order chi connectivity index (χ0) is 16.5. The second-order valence-corrected chi connectivity index (χ2v) is 7.53. The average Bonchev–Trinajstić information content (AvgIpc) is 3.14. The molecule has 2 heterocycles. The summed E-state index contributed by atoms with van der Waals surface area (Å²) in [6.45, 7) is 1.55. The fourth-order valence-corrected chi connectivity index (χ4v) is 5.03. The smallest absolute Gasteiger partial charge is 0.312 e. The van der Waals surface area contributed by atoms with Crippen LogP contribution in [-0.2, 0) is 4.79 Å². The predicted octanol–water partition coefficient (Wildman–Crippen LogP) is 4.84. The number of hydrogen-bond donors (Lipinski definition) is 1. The van der Waals surface area contributed by atoms with Crippen molar-refractivity contribution in [3.8, 4) is 22.5 Å². The maximum atomic E-state index is 11.6. The van der Waals surface area contributed by atoms with E-state index in [9.17, 15) is 4.79 Å². The number of carbonyl (C=O) groups excluding carboxylic acids is 1. The number of nitrogens with zero attached hydrogens (tertiary/aromatic N) is 1. The van der Waals surface area contributed by atoms with Crippen LogP contribution in [0.4, 0.5) is 5.00 Å². The lowest BCUT2D eigenvalue weighted by Gasteiger charge is -2.01. The Morgan fingerprint density at radius 2 is 1.58 bits per heavy atom. The number of nitrogens with one attached hydrogen (secondary N) is 1. The minimum absolute atomic E-state index is 0.0528. The number of hydrogen-bond acceptors (Lipinski definition) is 3. The highest BCUT2D eigenvalue weighted by Crippen LogP contribution is 2.36. The number of rotatable bonds is 3. The third-order valence-electron chi connectivity index (χ3n) is 3.73. The number of fused-ring (bicyclic) bond motifs is 1. The molecule has 1 N–H and O–H groups in total. The lowest BCUT2D eigenvalue weighted by atomic mass is 10.1. The maximum Gasteiger partial charge on any atom is 0.328 e. The number of anilines is 1. The van der Waals surface area contributed by atoms with Crippen molar-refractivity contribution in [3.05, 3.63) is 66.0 Å². The van der Waals surface area contributed by atoms with Crippen molar-refractivity contribution in [2.75, 3.05) is 5.32 Å². The maximum absolute atomic E-state index is 11.6. The van der Waals surface area contributed by atoms with Crippen molar-refractivity contribution < 1.29 is 9.20 Å². The SMILES string of the molecule is CC(=O)Nc1sc2scc(-c3ccccc3)[n+]2c1-c1ccccc1. The van der Waals surface area contributed by atoms with Gasteiger partial charge in [0.15, 0.2) is 5.00 Å². The Hall–Kier alpha value is -2.50. The third-order valence-corrected chi connectivity index (χ3v) is 5.85. The van der Waals surface area contributed by atoms with E-state index < -0.39 is 0 Å². The molecule has 0 unspecified atom stereocenters. The molecule has 0 bridgehead atoms. The van der Waals surface area contributed by atoms with Crippen LogP contribution in [-0.4, -0.2) is 5.91 Å². The number of amides is 1. The normalized spacial score (nSPS) is 10.9. The Morgan fingerprint density at radius 1 is 0.958 bits per heavy atom. The molecular formula is C19H15N2OS2+. The minimum atomic E-state index is -0.0528. The molecule has 0 fully saturated rings. The van der Waals surface area contributed by atoms with E-state index in [1.165, 1.54) is 0 Å². The monoisotopic (exact) mass is 351 g/mol. The van der Waals surface area contributed by atoms with E-state index in [4.69, 9.17) is 0 Å². The van der Waals surface area contributed by atoms with Gasteiger partial charge >= 0.3 is 4.14 Å². The van der Waals surface area contributed by atoms with Crippen molar-refractivity contribution >= 4 is 37.7 Å². The van der Waals surface area contributed by atoms with Crippen molar-refractivity contribution in [1.29, 1.82) is 0 Å². The van der Waals surface area contributed by atoms with Crippen molar-refractivity contribution in [3.63, 3.8) is 0 Å². The topological polar surface area (TPSA) is 33.2 Å². The molecular weight excluding hydrogens is 336 g/mol. The first-order valence-electron chi connectivity index (χ1n) is 7.58. The van der Waals surface area contributed by atoms with Crippen LogP contribution in [0.15, 0.2) is 66.0 Å². The van der Waals surface area contributed by atoms with Crippen LogP contribution in [0.25, 0.3) is 26.7 Å². The van der Waals surface area contributed by atoms with Gasteiger partial charge in [-0.2, -0.15) is 0 Å². The number of aromatic nitrogens is 1. The molecule has 0 radical (unpaired) electrons. The summed E-state index contributed by atoms with van der Waals surface area (Å²) < 4.78 is 3.39. The molecule has 1 amide bonds. The fourth-order valence-electron chi connectivity index (χ4n) is 2.74. The van der Waals surface area contributed by atoms with Crippen LogP contribution in [0.3, 0.4) is 0 Å². The second-order valence-electron chi connectivity index (χ2n) is 5.42. The molecule has 118 valence electrons. The van der Waals surface area contributed by atoms with E-state index in [1.807, 2.05) is 36.4 Å². The molecule has 0 spiro atoms. The Morgan fingerprint density at radius 3 is 2.21 bits per heavy atom. The first kappa shape index (κ1) is 15.1. The fraction of sp³-hybridized carbons (Fsp3) is 0.0526. The molecule has 2 aromatic carbocycles. The summed E-state index contributed by atoms with van der Waals surface area (Å²) >= 11 is 3.31. The van der Waals surface area contributed by atoms with Gasteiger partial charge in [0.25, 0.3) is 5.69 Å². The van der Waals surface area contributed by atoms with Gasteiger partial charge in [0.1, 0.15) is 0 Å². The molecule has 0 saturated heterocycles. The van der Waals surface area contributed by atoms with E-state index in [0.717, 1.165) is 31.7 Å². The Kier molecular flexibility index (Phi) is 3.88. The second kappa shape index (κ2) is 6.19. The zero-order valence-corrected chi connectivity index (χ0v) is 14.7. The average molecular weight is 351 g/mol. The van der Waals surface area contributed by atoms with Crippen LogP contribution in [0.5, 0.6) is 0 Å². The van der Waals surface area contributed by atoms with Gasteiger partial charge in [-0.15, -0.1) is 4.40 Å². The predicted molar refractivity (Wildman–Crippen MR) is 101 cm³/mol. The van der Waals surface area contributed by atoms with Crippen molar-refractivity contribution in [2.45, 2.75) is 6.92 Å². The molecule has 0 aliphatic rings. The summed E-state index contributed by atoms with van der Waals surface area (Å²) in [7, 11) is 0. The van der Waals surface area contributed by atoms with Gasteiger partial charge in [0, 0.05) is 18.1 Å². The van der Waals surface area contributed by atoms with Crippen LogP contribution in [0.2, 0.25) is 0 Å². The Bertz CT molecular complexity index is 1000. The highest BCUT2D eigenvalue weighted by atomic mass is 32.2. The molecule has 24 heavy (non-hydrogen) atoms. The van der Waals surface area contributed by atoms with Gasteiger partial charge in [-0.3, -0.25) is 4.79 Å². The summed E-state index contributed by atoms with van der Waals surface area (Å²) in [4.78, 5) is 11.6. The van der Waals surface area contributed by atoms with E-state index in [2.05, 4.69) is 39.4 Å². The van der Waals surface area contributed by atoms with Gasteiger partial charge in [-0.05, 0) is 35.6 Å². The van der Waals surface area contributed by atoms with E-state index in [1.54, 1.807) is 29.6 Å². The van der Waals surface area contributed by atoms with Crippen molar-refractivity contribution in [1.82, 2.24) is 0 Å². The van der Waals surface area contributed by atoms with Crippen LogP contribution in [0, 0.1) is 0 Å². The Labute approximate surface area is 147 Å². The zero-order valence-electron chi connectivity index (χ0n) is 13.0. The quantitative estimate of drug-likeness (QED) is 0.526. The highest BCUT2D eigenvalue weighted by Gasteiger charge is 2.29. The standard InChI is InChI=1S/C19H14N2OS2/c1-13(22)20-18-17(15-10-6-3-7-11-15)21-16(12-23-19(21)24-18)14-8-4-2-5-9-14/h2-12H,1H3/p+1. The van der Waals surface area contributed by atoms with Crippen LogP contribution < -0.4 is 9.72 Å². The molecule has 0 aliphatic heterocycles. The molecule has 2 aromatic heterocycles. The molecule has 4 rings (SSSR count). The van der Waals surface area contributed by atoms with Crippen LogP contribution in [0.1, 0.15) is 6.92 Å². The molecule has 5 heteroatoms. The summed E-state index contributed by atoms with van der Waals surface area (Å²) in [6.07, 6.45) is 0. The Balaban J connectivity index is 2.01. The van der Waals surface area contributed by atoms with Gasteiger partial charge in [-0.25, -0.2) is 0 Å². The van der Waals surface area contributed by atoms with Gasteiger partial charge in [0.05, 0.1) is 5.38 Å². The summed E-state index contributed by atoms with van der Waals surface area (Å²) in [5.74, 6) is -0.0528. The van der Waals surface area contributed by atoms with E-state index in [0.29, 0.717) is 0 Å². The lowest BCUT2D eigenvalue weighted by molar-refractivity contribution is -0.477. The lowest BCUT2D eigenvalue weighted by Crippen LogP contribution is -2.22. The molecule has 0 saturated carbocycles.